The third-order valence-electron chi connectivity index (χ3n) is 9.01. The van der Waals surface area contributed by atoms with Crippen molar-refractivity contribution < 1.29 is 18.9 Å². The maximum atomic E-state index is 6.57. The van der Waals surface area contributed by atoms with Gasteiger partial charge in [-0.2, -0.15) is 0 Å². The normalized spacial score (nSPS) is 18.7. The lowest BCUT2D eigenvalue weighted by molar-refractivity contribution is -0.290. The Morgan fingerprint density at radius 3 is 1.94 bits per heavy atom. The zero-order chi connectivity index (χ0) is 33.7. The fraction of sp³-hybridized carbons (Fsp3) is 0.349. The number of hydrogen-bond acceptors (Lipinski definition) is 4. The van der Waals surface area contributed by atoms with E-state index in [1.54, 1.807) is 7.11 Å². The highest BCUT2D eigenvalue weighted by Crippen LogP contribution is 2.56. The van der Waals surface area contributed by atoms with E-state index in [1.165, 1.54) is 15.9 Å². The SMILES string of the molecule is COc1ccc(COC(C)CCC/C=C/C=C/[C@H]2C[C@H](CC[P+](c3ccccc3)(c3ccccc3)c3ccccc3)OC(C)(C)O2)cc1. The summed E-state index contributed by atoms with van der Waals surface area (Å²) in [6, 6.07) is 41.4. The molecule has 0 aliphatic carbocycles. The summed E-state index contributed by atoms with van der Waals surface area (Å²) >= 11 is 0. The molecule has 0 aromatic heterocycles. The molecular weight excluding hydrogens is 611 g/mol. The van der Waals surface area contributed by atoms with Gasteiger partial charge in [-0.1, -0.05) is 91.0 Å². The second-order valence-corrected chi connectivity index (χ2v) is 16.7. The zero-order valence-corrected chi connectivity index (χ0v) is 29.9. The highest BCUT2D eigenvalue weighted by Gasteiger charge is 2.46. The molecule has 0 amide bonds. The molecule has 4 aromatic rings. The van der Waals surface area contributed by atoms with Gasteiger partial charge in [-0.25, -0.2) is 0 Å². The van der Waals surface area contributed by atoms with Crippen LogP contribution in [-0.4, -0.2) is 37.4 Å². The molecule has 1 heterocycles. The van der Waals surface area contributed by atoms with Gasteiger partial charge in [0.05, 0.1) is 38.2 Å². The molecule has 0 radical (unpaired) electrons. The fourth-order valence-electron chi connectivity index (χ4n) is 6.59. The number of unbranched alkanes of at least 4 members (excludes halogenated alkanes) is 1. The van der Waals surface area contributed by atoms with Gasteiger partial charge in [0.2, 0.25) is 0 Å². The average molecular weight is 664 g/mol. The molecule has 1 aliphatic heterocycles. The zero-order valence-electron chi connectivity index (χ0n) is 29.0. The van der Waals surface area contributed by atoms with Crippen molar-refractivity contribution in [1.29, 1.82) is 0 Å². The van der Waals surface area contributed by atoms with Crippen molar-refractivity contribution in [2.75, 3.05) is 13.3 Å². The van der Waals surface area contributed by atoms with Crippen molar-refractivity contribution in [3.63, 3.8) is 0 Å². The lowest BCUT2D eigenvalue weighted by Gasteiger charge is -2.40. The molecule has 1 aliphatic rings. The van der Waals surface area contributed by atoms with Crippen LogP contribution in [0.3, 0.4) is 0 Å². The predicted molar refractivity (Wildman–Crippen MR) is 202 cm³/mol. The summed E-state index contributed by atoms with van der Waals surface area (Å²) < 4.78 is 24.2. The summed E-state index contributed by atoms with van der Waals surface area (Å²) in [5.74, 6) is 0.227. The minimum atomic E-state index is -1.91. The Bertz CT molecular complexity index is 1450. The summed E-state index contributed by atoms with van der Waals surface area (Å²) in [6.45, 7) is 6.86. The van der Waals surface area contributed by atoms with Crippen LogP contribution in [0.1, 0.15) is 58.4 Å². The smallest absolute Gasteiger partial charge is 0.163 e. The van der Waals surface area contributed by atoms with Crippen LogP contribution in [0.2, 0.25) is 0 Å². The third kappa shape index (κ3) is 10.00. The molecule has 1 fully saturated rings. The number of methoxy groups -OCH3 is 1. The topological polar surface area (TPSA) is 36.9 Å². The Balaban J connectivity index is 1.16. The fourth-order valence-corrected chi connectivity index (χ4v) is 11.0. The van der Waals surface area contributed by atoms with Crippen LogP contribution < -0.4 is 20.7 Å². The van der Waals surface area contributed by atoms with Crippen LogP contribution in [-0.2, 0) is 20.8 Å². The molecule has 48 heavy (non-hydrogen) atoms. The van der Waals surface area contributed by atoms with Gasteiger partial charge in [0, 0.05) is 12.8 Å². The number of rotatable bonds is 16. The molecule has 5 rings (SSSR count). The molecule has 1 saturated heterocycles. The molecule has 4 aromatic carbocycles. The first-order valence-corrected chi connectivity index (χ1v) is 19.3. The highest BCUT2D eigenvalue weighted by atomic mass is 31.2. The highest BCUT2D eigenvalue weighted by molar-refractivity contribution is 7.95. The molecule has 0 saturated carbocycles. The van der Waals surface area contributed by atoms with Crippen LogP contribution in [0.5, 0.6) is 5.75 Å². The van der Waals surface area contributed by atoms with Crippen LogP contribution in [0.25, 0.3) is 0 Å². The Labute approximate surface area is 289 Å². The van der Waals surface area contributed by atoms with Crippen molar-refractivity contribution >= 4 is 23.2 Å². The number of hydrogen-bond donors (Lipinski definition) is 0. The number of allylic oxidation sites excluding steroid dienone is 3. The van der Waals surface area contributed by atoms with E-state index in [2.05, 4.69) is 134 Å². The van der Waals surface area contributed by atoms with Crippen molar-refractivity contribution in [1.82, 2.24) is 0 Å². The van der Waals surface area contributed by atoms with E-state index in [-0.39, 0.29) is 18.3 Å². The van der Waals surface area contributed by atoms with Crippen molar-refractivity contribution in [3.05, 3.63) is 145 Å². The van der Waals surface area contributed by atoms with Crippen molar-refractivity contribution in [2.45, 2.75) is 83.6 Å². The standard InChI is InChI=1S/C43H52O4P/c1-35(45-34-36-27-29-37(44-4)30-28-36)19-11-6-5-7-12-20-38-33-39(47-43(2,3)46-38)31-32-48(40-21-13-8-14-22-40,41-23-15-9-16-24-41)42-25-17-10-18-26-42/h5,7-10,12-18,20-30,35,38-39H,6,11,19,31-34H2,1-4H3/q+1/b7-5+,20-12+/t35?,38-,39-/m0/s1. The average Bonchev–Trinajstić information content (AvgIpc) is 3.11. The molecular formula is C43H52O4P+. The maximum Gasteiger partial charge on any atom is 0.163 e. The van der Waals surface area contributed by atoms with Crippen molar-refractivity contribution in [2.24, 2.45) is 0 Å². The van der Waals surface area contributed by atoms with Gasteiger partial charge in [0.15, 0.2) is 5.79 Å². The van der Waals surface area contributed by atoms with Crippen LogP contribution >= 0.6 is 7.26 Å². The Morgan fingerprint density at radius 2 is 1.38 bits per heavy atom. The second-order valence-electron chi connectivity index (χ2n) is 13.1. The summed E-state index contributed by atoms with van der Waals surface area (Å²) in [7, 11) is -0.228. The quantitative estimate of drug-likeness (QED) is 0.0681. The van der Waals surface area contributed by atoms with E-state index in [0.29, 0.717) is 6.61 Å². The monoisotopic (exact) mass is 663 g/mol. The van der Waals surface area contributed by atoms with Gasteiger partial charge in [-0.05, 0) is 94.1 Å². The van der Waals surface area contributed by atoms with E-state index < -0.39 is 13.0 Å². The predicted octanol–water partition coefficient (Wildman–Crippen LogP) is 9.18. The molecule has 5 heteroatoms. The van der Waals surface area contributed by atoms with E-state index in [9.17, 15) is 0 Å². The van der Waals surface area contributed by atoms with E-state index in [1.807, 2.05) is 26.0 Å². The molecule has 252 valence electrons. The van der Waals surface area contributed by atoms with Gasteiger partial charge >= 0.3 is 0 Å². The van der Waals surface area contributed by atoms with Gasteiger partial charge in [-0.3, -0.25) is 0 Å². The maximum absolute atomic E-state index is 6.57. The summed E-state index contributed by atoms with van der Waals surface area (Å²) in [4.78, 5) is 0. The molecule has 3 atom stereocenters. The van der Waals surface area contributed by atoms with Crippen LogP contribution in [0, 0.1) is 0 Å². The van der Waals surface area contributed by atoms with E-state index in [0.717, 1.165) is 49.6 Å². The second kappa shape index (κ2) is 17.7. The molecule has 0 bridgehead atoms. The number of benzene rings is 4. The first-order chi connectivity index (χ1) is 23.4. The third-order valence-corrected chi connectivity index (χ3v) is 13.5. The Hall–Kier alpha value is -3.53. The molecule has 0 N–H and O–H groups in total. The van der Waals surface area contributed by atoms with Gasteiger partial charge in [-0.15, -0.1) is 0 Å². The Kier molecular flexibility index (Phi) is 13.2. The lowest BCUT2D eigenvalue weighted by atomic mass is 10.1. The van der Waals surface area contributed by atoms with E-state index in [4.69, 9.17) is 18.9 Å². The largest absolute Gasteiger partial charge is 0.497 e. The molecule has 1 unspecified atom stereocenters. The Morgan fingerprint density at radius 1 is 0.792 bits per heavy atom. The van der Waals surface area contributed by atoms with Gasteiger partial charge in [0.1, 0.15) is 28.9 Å². The summed E-state index contributed by atoms with van der Waals surface area (Å²) in [5.41, 5.74) is 1.16. The van der Waals surface area contributed by atoms with Crippen LogP contribution in [0.4, 0.5) is 0 Å². The first-order valence-electron chi connectivity index (χ1n) is 17.4. The first kappa shape index (κ1) is 35.8. The van der Waals surface area contributed by atoms with E-state index >= 15 is 0 Å². The van der Waals surface area contributed by atoms with Crippen molar-refractivity contribution in [3.8, 4) is 5.75 Å². The summed E-state index contributed by atoms with van der Waals surface area (Å²) in [5, 5.41) is 4.23. The lowest BCUT2D eigenvalue weighted by Crippen LogP contribution is -2.45. The summed E-state index contributed by atoms with van der Waals surface area (Å²) in [6.07, 6.45) is 15.0. The molecule has 4 nitrogen and oxygen atoms in total. The van der Waals surface area contributed by atoms with Gasteiger partial charge in [0.25, 0.3) is 0 Å². The number of ether oxygens (including phenoxy) is 4. The van der Waals surface area contributed by atoms with Gasteiger partial charge < -0.3 is 18.9 Å². The molecule has 0 spiro atoms. The minimum absolute atomic E-state index is 0.00712. The minimum Gasteiger partial charge on any atom is -0.497 e. The van der Waals surface area contributed by atoms with Crippen LogP contribution in [0.15, 0.2) is 140 Å².